The topological polar surface area (TPSA) is 107 Å². The minimum atomic E-state index is -1.65. The maximum atomic E-state index is 10.8. The average Bonchev–Trinajstić information content (AvgIpc) is 2.26. The highest BCUT2D eigenvalue weighted by atomic mass is 16.3. The summed E-state index contributed by atoms with van der Waals surface area (Å²) in [6.07, 6.45) is -3.03. The Balaban J connectivity index is 3.24. The summed E-state index contributed by atoms with van der Waals surface area (Å²) >= 11 is 0. The fourth-order valence-corrected chi connectivity index (χ4v) is 1.82. The van der Waals surface area contributed by atoms with E-state index in [0.717, 1.165) is 0 Å². The van der Waals surface area contributed by atoms with E-state index in [1.807, 2.05) is 6.07 Å². The number of nitriles is 1. The predicted octanol–water partition coefficient (Wildman–Crippen LogP) is 0.0547. The van der Waals surface area contributed by atoms with Gasteiger partial charge in [-0.05, 0) is 42.7 Å². The van der Waals surface area contributed by atoms with E-state index in [1.54, 1.807) is 26.0 Å². The molecule has 2 atom stereocenters. The third kappa shape index (κ3) is 2.61. The molecule has 1 aromatic carbocycles. The van der Waals surface area contributed by atoms with Gasteiger partial charge in [-0.15, -0.1) is 0 Å². The molecule has 2 unspecified atom stereocenters. The molecule has 0 aliphatic carbocycles. The predicted molar refractivity (Wildman–Crippen MR) is 60.8 cm³/mol. The first kappa shape index (κ1) is 13.2. The van der Waals surface area contributed by atoms with E-state index in [0.29, 0.717) is 22.3 Å². The molecule has 0 aliphatic heterocycles. The zero-order valence-electron chi connectivity index (χ0n) is 9.64. The number of primary amides is 1. The van der Waals surface area contributed by atoms with Crippen LogP contribution >= 0.6 is 0 Å². The molecule has 0 heterocycles. The van der Waals surface area contributed by atoms with Crippen LogP contribution in [0.3, 0.4) is 0 Å². The lowest BCUT2D eigenvalue weighted by atomic mass is 9.93. The number of hydrogen-bond donors (Lipinski definition) is 3. The van der Waals surface area contributed by atoms with Gasteiger partial charge in [-0.25, -0.2) is 0 Å². The molecule has 0 saturated heterocycles. The van der Waals surface area contributed by atoms with E-state index in [9.17, 15) is 15.0 Å². The van der Waals surface area contributed by atoms with Crippen molar-refractivity contribution in [2.45, 2.75) is 26.1 Å². The van der Waals surface area contributed by atoms with Crippen molar-refractivity contribution in [3.8, 4) is 6.07 Å². The first-order chi connectivity index (χ1) is 7.88. The van der Waals surface area contributed by atoms with Crippen molar-refractivity contribution in [3.63, 3.8) is 0 Å². The van der Waals surface area contributed by atoms with Crippen molar-refractivity contribution in [1.29, 1.82) is 5.26 Å². The van der Waals surface area contributed by atoms with Crippen LogP contribution in [0, 0.1) is 25.2 Å². The maximum Gasteiger partial charge on any atom is 0.249 e. The maximum absolute atomic E-state index is 10.8. The molecule has 90 valence electrons. The lowest BCUT2D eigenvalue weighted by Gasteiger charge is -2.19. The van der Waals surface area contributed by atoms with Gasteiger partial charge in [0.25, 0.3) is 0 Å². The summed E-state index contributed by atoms with van der Waals surface area (Å²) in [7, 11) is 0. The van der Waals surface area contributed by atoms with Gasteiger partial charge in [0.15, 0.2) is 6.10 Å². The summed E-state index contributed by atoms with van der Waals surface area (Å²) in [5, 5.41) is 28.1. The van der Waals surface area contributed by atoms with Crippen LogP contribution in [0.1, 0.15) is 28.4 Å². The zero-order valence-corrected chi connectivity index (χ0v) is 9.64. The SMILES string of the molecule is Cc1cc(C#N)cc(C)c1C(O)C(O)C(N)=O. The molecular weight excluding hydrogens is 220 g/mol. The Morgan fingerprint density at radius 1 is 1.35 bits per heavy atom. The number of aliphatic hydroxyl groups is 2. The summed E-state index contributed by atoms with van der Waals surface area (Å²) in [5.41, 5.74) is 7.09. The van der Waals surface area contributed by atoms with E-state index in [-0.39, 0.29) is 0 Å². The molecular formula is C12H14N2O3. The number of benzene rings is 1. The Morgan fingerprint density at radius 2 is 1.82 bits per heavy atom. The first-order valence-corrected chi connectivity index (χ1v) is 5.05. The molecule has 0 bridgehead atoms. The molecule has 5 heteroatoms. The Hall–Kier alpha value is -1.90. The number of aryl methyl sites for hydroxylation is 2. The summed E-state index contributed by atoms with van der Waals surface area (Å²) in [6.45, 7) is 3.39. The summed E-state index contributed by atoms with van der Waals surface area (Å²) in [4.78, 5) is 10.8. The lowest BCUT2D eigenvalue weighted by Crippen LogP contribution is -2.34. The van der Waals surface area contributed by atoms with Gasteiger partial charge in [0, 0.05) is 0 Å². The van der Waals surface area contributed by atoms with E-state index < -0.39 is 18.1 Å². The van der Waals surface area contributed by atoms with Crippen LogP contribution in [-0.4, -0.2) is 22.2 Å². The number of hydrogen-bond acceptors (Lipinski definition) is 4. The monoisotopic (exact) mass is 234 g/mol. The van der Waals surface area contributed by atoms with Gasteiger partial charge in [0.2, 0.25) is 5.91 Å². The second-order valence-corrected chi connectivity index (χ2v) is 3.93. The van der Waals surface area contributed by atoms with E-state index in [4.69, 9.17) is 11.0 Å². The smallest absolute Gasteiger partial charge is 0.249 e. The van der Waals surface area contributed by atoms with Crippen molar-refractivity contribution in [2.24, 2.45) is 5.73 Å². The molecule has 1 amide bonds. The lowest BCUT2D eigenvalue weighted by molar-refractivity contribution is -0.132. The van der Waals surface area contributed by atoms with Crippen molar-refractivity contribution >= 4 is 5.91 Å². The Kier molecular flexibility index (Phi) is 3.84. The Labute approximate surface area is 99.1 Å². The number of carbonyl (C=O) groups is 1. The molecule has 0 spiro atoms. The minimum absolute atomic E-state index is 0.426. The molecule has 5 nitrogen and oxygen atoms in total. The van der Waals surface area contributed by atoms with Crippen molar-refractivity contribution in [3.05, 3.63) is 34.4 Å². The summed E-state index contributed by atoms with van der Waals surface area (Å²) in [5.74, 6) is -0.986. The second kappa shape index (κ2) is 4.95. The summed E-state index contributed by atoms with van der Waals surface area (Å²) in [6, 6.07) is 5.16. The third-order valence-electron chi connectivity index (χ3n) is 2.61. The Morgan fingerprint density at radius 3 is 2.18 bits per heavy atom. The number of aliphatic hydroxyl groups excluding tert-OH is 2. The molecule has 0 fully saturated rings. The molecule has 4 N–H and O–H groups in total. The van der Waals surface area contributed by atoms with Crippen molar-refractivity contribution in [2.75, 3.05) is 0 Å². The number of amides is 1. The van der Waals surface area contributed by atoms with E-state index >= 15 is 0 Å². The minimum Gasteiger partial charge on any atom is -0.385 e. The number of rotatable bonds is 3. The van der Waals surface area contributed by atoms with Crippen molar-refractivity contribution in [1.82, 2.24) is 0 Å². The van der Waals surface area contributed by atoms with Crippen LogP contribution in [0.15, 0.2) is 12.1 Å². The van der Waals surface area contributed by atoms with Gasteiger partial charge in [0.1, 0.15) is 6.10 Å². The van der Waals surface area contributed by atoms with Gasteiger partial charge in [-0.2, -0.15) is 5.26 Å². The largest absolute Gasteiger partial charge is 0.385 e. The quantitative estimate of drug-likeness (QED) is 0.687. The second-order valence-electron chi connectivity index (χ2n) is 3.93. The fourth-order valence-electron chi connectivity index (χ4n) is 1.82. The van der Waals surface area contributed by atoms with Crippen LogP contribution in [0.2, 0.25) is 0 Å². The molecule has 0 aromatic heterocycles. The number of nitrogens with two attached hydrogens (primary N) is 1. The molecule has 17 heavy (non-hydrogen) atoms. The van der Waals surface area contributed by atoms with Gasteiger partial charge in [0.05, 0.1) is 11.6 Å². The third-order valence-corrected chi connectivity index (χ3v) is 2.61. The highest BCUT2D eigenvalue weighted by molar-refractivity contribution is 5.79. The van der Waals surface area contributed by atoms with Gasteiger partial charge in [-0.1, -0.05) is 0 Å². The van der Waals surface area contributed by atoms with Crippen LogP contribution < -0.4 is 5.73 Å². The molecule has 0 saturated carbocycles. The Bertz CT molecular complexity index is 468. The normalized spacial score (nSPS) is 13.8. The molecule has 0 radical (unpaired) electrons. The molecule has 0 aliphatic rings. The first-order valence-electron chi connectivity index (χ1n) is 5.05. The van der Waals surface area contributed by atoms with Crippen LogP contribution in [0.25, 0.3) is 0 Å². The van der Waals surface area contributed by atoms with E-state index in [1.165, 1.54) is 0 Å². The van der Waals surface area contributed by atoms with Gasteiger partial charge < -0.3 is 15.9 Å². The average molecular weight is 234 g/mol. The van der Waals surface area contributed by atoms with Crippen LogP contribution in [0.5, 0.6) is 0 Å². The highest BCUT2D eigenvalue weighted by Gasteiger charge is 2.26. The van der Waals surface area contributed by atoms with Crippen LogP contribution in [0.4, 0.5) is 0 Å². The number of carbonyl (C=O) groups excluding carboxylic acids is 1. The highest BCUT2D eigenvalue weighted by Crippen LogP contribution is 2.25. The number of nitrogens with zero attached hydrogens (tertiary/aromatic N) is 1. The zero-order chi connectivity index (χ0) is 13.2. The van der Waals surface area contributed by atoms with Gasteiger partial charge in [-0.3, -0.25) is 4.79 Å². The van der Waals surface area contributed by atoms with E-state index in [2.05, 4.69) is 0 Å². The van der Waals surface area contributed by atoms with Crippen LogP contribution in [-0.2, 0) is 4.79 Å². The molecule has 1 rings (SSSR count). The van der Waals surface area contributed by atoms with Gasteiger partial charge >= 0.3 is 0 Å². The van der Waals surface area contributed by atoms with Crippen molar-refractivity contribution < 1.29 is 15.0 Å². The molecule has 1 aromatic rings. The fraction of sp³-hybridized carbons (Fsp3) is 0.333. The summed E-state index contributed by atoms with van der Waals surface area (Å²) < 4.78 is 0. The standard InChI is InChI=1S/C12H14N2O3/c1-6-3-8(5-13)4-7(2)9(6)10(15)11(16)12(14)17/h3-4,10-11,15-16H,1-2H3,(H2,14,17).